The van der Waals surface area contributed by atoms with Crippen LogP contribution in [0.15, 0.2) is 30.7 Å². The first-order valence-electron chi connectivity index (χ1n) is 7.48. The molecule has 0 spiro atoms. The van der Waals surface area contributed by atoms with E-state index in [1.165, 1.54) is 25.1 Å². The van der Waals surface area contributed by atoms with E-state index in [1.807, 2.05) is 6.07 Å². The van der Waals surface area contributed by atoms with Crippen molar-refractivity contribution in [1.82, 2.24) is 20.3 Å². The molecular formula is C15H18ClFN6. The molecular weight excluding hydrogens is 319 g/mol. The van der Waals surface area contributed by atoms with Gasteiger partial charge in [-0.2, -0.15) is 4.98 Å². The molecule has 0 aliphatic carbocycles. The van der Waals surface area contributed by atoms with E-state index >= 15 is 0 Å². The van der Waals surface area contributed by atoms with Gasteiger partial charge in [-0.05, 0) is 18.9 Å². The lowest BCUT2D eigenvalue weighted by Crippen LogP contribution is -2.51. The van der Waals surface area contributed by atoms with Crippen LogP contribution in [-0.4, -0.2) is 40.1 Å². The van der Waals surface area contributed by atoms with Crippen LogP contribution in [0.5, 0.6) is 0 Å². The highest BCUT2D eigenvalue weighted by molar-refractivity contribution is 5.85. The molecule has 2 N–H and O–H groups in total. The summed E-state index contributed by atoms with van der Waals surface area (Å²) in [5, 5.41) is 6.60. The van der Waals surface area contributed by atoms with E-state index in [0.717, 1.165) is 18.9 Å². The first-order valence-corrected chi connectivity index (χ1v) is 7.48. The summed E-state index contributed by atoms with van der Waals surface area (Å²) in [4.78, 5) is 14.8. The number of halogens is 2. The first-order chi connectivity index (χ1) is 10.8. The van der Waals surface area contributed by atoms with Gasteiger partial charge < -0.3 is 15.5 Å². The van der Waals surface area contributed by atoms with Gasteiger partial charge >= 0.3 is 0 Å². The number of pyridine rings is 1. The number of hydrogen-bond acceptors (Lipinski definition) is 6. The number of rotatable bonds is 3. The fourth-order valence-electron chi connectivity index (χ4n) is 3.18. The predicted molar refractivity (Wildman–Crippen MR) is 88.9 cm³/mol. The number of nitrogens with one attached hydrogen (secondary N) is 2. The number of anilines is 3. The number of piperazine rings is 1. The minimum absolute atomic E-state index is 0. The molecule has 0 saturated carbocycles. The van der Waals surface area contributed by atoms with Crippen molar-refractivity contribution in [2.24, 2.45) is 0 Å². The second kappa shape index (κ2) is 6.64. The molecule has 2 atom stereocenters. The topological polar surface area (TPSA) is 66.0 Å². The van der Waals surface area contributed by atoms with Gasteiger partial charge in [0.1, 0.15) is 11.6 Å². The molecule has 2 fully saturated rings. The van der Waals surface area contributed by atoms with E-state index < -0.39 is 0 Å². The lowest BCUT2D eigenvalue weighted by Gasteiger charge is -2.33. The van der Waals surface area contributed by atoms with E-state index in [9.17, 15) is 4.39 Å². The van der Waals surface area contributed by atoms with Crippen molar-refractivity contribution in [3.05, 3.63) is 36.5 Å². The van der Waals surface area contributed by atoms with Crippen LogP contribution in [0.3, 0.4) is 0 Å². The Morgan fingerprint density at radius 2 is 2.00 bits per heavy atom. The Hall–Kier alpha value is -1.99. The van der Waals surface area contributed by atoms with E-state index in [-0.39, 0.29) is 18.2 Å². The Labute approximate surface area is 140 Å². The van der Waals surface area contributed by atoms with Crippen molar-refractivity contribution < 1.29 is 4.39 Å². The Morgan fingerprint density at radius 3 is 2.74 bits per heavy atom. The second-order valence-electron chi connectivity index (χ2n) is 5.80. The monoisotopic (exact) mass is 336 g/mol. The van der Waals surface area contributed by atoms with Crippen LogP contribution >= 0.6 is 12.4 Å². The van der Waals surface area contributed by atoms with Gasteiger partial charge in [0.25, 0.3) is 0 Å². The van der Waals surface area contributed by atoms with Crippen LogP contribution in [0, 0.1) is 5.82 Å². The van der Waals surface area contributed by atoms with Gasteiger partial charge in [-0.25, -0.2) is 9.37 Å². The lowest BCUT2D eigenvalue weighted by atomic mass is 10.2. The normalized spacial score (nSPS) is 22.6. The molecule has 2 aromatic heterocycles. The van der Waals surface area contributed by atoms with Crippen LogP contribution in [-0.2, 0) is 0 Å². The van der Waals surface area contributed by atoms with Gasteiger partial charge in [-0.3, -0.25) is 4.98 Å². The number of nitrogens with zero attached hydrogens (tertiary/aromatic N) is 4. The van der Waals surface area contributed by atoms with E-state index in [0.29, 0.717) is 23.7 Å². The SMILES string of the molecule is Cl.Fc1cncc(Nc2nccc(N3CC4CCC(C3)N4)n2)c1. The van der Waals surface area contributed by atoms with Crippen molar-refractivity contribution >= 4 is 29.9 Å². The highest BCUT2D eigenvalue weighted by Crippen LogP contribution is 2.24. The van der Waals surface area contributed by atoms with E-state index in [4.69, 9.17) is 0 Å². The van der Waals surface area contributed by atoms with Gasteiger partial charge in [0.15, 0.2) is 0 Å². The molecule has 2 aromatic rings. The minimum atomic E-state index is -0.389. The standard InChI is InChI=1S/C15H17FN6.ClH/c16-10-5-13(7-17-6-10)20-15-18-4-3-14(21-15)22-8-11-1-2-12(9-22)19-11;/h3-7,11-12,19H,1-2,8-9H2,(H,18,20,21);1H. The zero-order valence-electron chi connectivity index (χ0n) is 12.4. The summed E-state index contributed by atoms with van der Waals surface area (Å²) in [6.45, 7) is 1.93. The zero-order valence-corrected chi connectivity index (χ0v) is 13.3. The maximum Gasteiger partial charge on any atom is 0.229 e. The summed E-state index contributed by atoms with van der Waals surface area (Å²) in [6.07, 6.45) is 6.89. The largest absolute Gasteiger partial charge is 0.353 e. The fourth-order valence-corrected chi connectivity index (χ4v) is 3.18. The molecule has 6 nitrogen and oxygen atoms in total. The third-order valence-electron chi connectivity index (χ3n) is 4.14. The van der Waals surface area contributed by atoms with Crippen LogP contribution in [0.2, 0.25) is 0 Å². The average Bonchev–Trinajstić information content (AvgIpc) is 2.86. The Bertz CT molecular complexity index is 673. The molecule has 2 aliphatic rings. The molecule has 0 aromatic carbocycles. The predicted octanol–water partition coefficient (Wildman–Crippen LogP) is 2.12. The Kier molecular flexibility index (Phi) is 4.58. The molecule has 2 saturated heterocycles. The summed E-state index contributed by atoms with van der Waals surface area (Å²) in [6, 6.07) is 4.39. The third-order valence-corrected chi connectivity index (χ3v) is 4.14. The van der Waals surface area contributed by atoms with Gasteiger partial charge in [0.2, 0.25) is 5.95 Å². The molecule has 122 valence electrons. The molecule has 4 rings (SSSR count). The number of aromatic nitrogens is 3. The summed E-state index contributed by atoms with van der Waals surface area (Å²) in [5.41, 5.74) is 0.539. The molecule has 2 bridgehead atoms. The van der Waals surface area contributed by atoms with Gasteiger partial charge in [0, 0.05) is 37.4 Å². The molecule has 0 radical (unpaired) electrons. The fraction of sp³-hybridized carbons (Fsp3) is 0.400. The second-order valence-corrected chi connectivity index (χ2v) is 5.80. The Balaban J connectivity index is 0.00000156. The minimum Gasteiger partial charge on any atom is -0.353 e. The van der Waals surface area contributed by atoms with E-state index in [2.05, 4.69) is 30.5 Å². The number of fused-ring (bicyclic) bond motifs is 2. The van der Waals surface area contributed by atoms with Crippen molar-refractivity contribution in [1.29, 1.82) is 0 Å². The van der Waals surface area contributed by atoms with Crippen molar-refractivity contribution in [2.75, 3.05) is 23.3 Å². The molecule has 2 unspecified atom stereocenters. The highest BCUT2D eigenvalue weighted by atomic mass is 35.5. The molecule has 0 amide bonds. The summed E-state index contributed by atoms with van der Waals surface area (Å²) >= 11 is 0. The maximum absolute atomic E-state index is 13.2. The van der Waals surface area contributed by atoms with Gasteiger partial charge in [-0.1, -0.05) is 0 Å². The van der Waals surface area contributed by atoms with Gasteiger partial charge in [0.05, 0.1) is 18.1 Å². The van der Waals surface area contributed by atoms with Crippen molar-refractivity contribution in [3.8, 4) is 0 Å². The van der Waals surface area contributed by atoms with E-state index in [1.54, 1.807) is 12.4 Å². The molecule has 2 aliphatic heterocycles. The Morgan fingerprint density at radius 1 is 1.22 bits per heavy atom. The lowest BCUT2D eigenvalue weighted by molar-refractivity contribution is 0.463. The smallest absolute Gasteiger partial charge is 0.229 e. The van der Waals surface area contributed by atoms with Crippen molar-refractivity contribution in [2.45, 2.75) is 24.9 Å². The third kappa shape index (κ3) is 3.51. The quantitative estimate of drug-likeness (QED) is 0.895. The first kappa shape index (κ1) is 15.9. The van der Waals surface area contributed by atoms with Crippen LogP contribution in [0.4, 0.5) is 21.8 Å². The van der Waals surface area contributed by atoms with Crippen LogP contribution in [0.1, 0.15) is 12.8 Å². The average molecular weight is 337 g/mol. The zero-order chi connectivity index (χ0) is 14.9. The number of hydrogen-bond donors (Lipinski definition) is 2. The van der Waals surface area contributed by atoms with Crippen LogP contribution < -0.4 is 15.5 Å². The maximum atomic E-state index is 13.2. The summed E-state index contributed by atoms with van der Waals surface area (Å²) < 4.78 is 13.2. The highest BCUT2D eigenvalue weighted by Gasteiger charge is 2.32. The van der Waals surface area contributed by atoms with Gasteiger partial charge in [-0.15, -0.1) is 12.4 Å². The molecule has 4 heterocycles. The summed E-state index contributed by atoms with van der Waals surface area (Å²) in [5.74, 6) is 0.968. The molecule has 23 heavy (non-hydrogen) atoms. The summed E-state index contributed by atoms with van der Waals surface area (Å²) in [7, 11) is 0. The molecule has 8 heteroatoms. The van der Waals surface area contributed by atoms with Crippen molar-refractivity contribution in [3.63, 3.8) is 0 Å². The van der Waals surface area contributed by atoms with Crippen LogP contribution in [0.25, 0.3) is 0 Å².